The third-order valence-electron chi connectivity index (χ3n) is 6.66. The summed E-state index contributed by atoms with van der Waals surface area (Å²) in [5.74, 6) is 11.5. The van der Waals surface area contributed by atoms with E-state index in [4.69, 9.17) is 4.74 Å². The van der Waals surface area contributed by atoms with E-state index in [1.54, 1.807) is 0 Å². The van der Waals surface area contributed by atoms with Crippen molar-refractivity contribution in [3.63, 3.8) is 0 Å². The molecule has 0 aliphatic heterocycles. The van der Waals surface area contributed by atoms with Crippen LogP contribution in [-0.4, -0.2) is 6.61 Å². The van der Waals surface area contributed by atoms with Crippen molar-refractivity contribution in [1.29, 1.82) is 0 Å². The summed E-state index contributed by atoms with van der Waals surface area (Å²) >= 11 is 0. The molecule has 2 aliphatic carbocycles. The van der Waals surface area contributed by atoms with Gasteiger partial charge in [0.15, 0.2) is 0 Å². The molecule has 26 heavy (non-hydrogen) atoms. The maximum absolute atomic E-state index is 5.64. The van der Waals surface area contributed by atoms with E-state index in [1.165, 1.54) is 57.8 Å². The summed E-state index contributed by atoms with van der Waals surface area (Å²) in [6.45, 7) is 5.28. The molecule has 1 aromatic rings. The molecule has 0 atom stereocenters. The Morgan fingerprint density at radius 2 is 1.46 bits per heavy atom. The maximum atomic E-state index is 5.64. The summed E-state index contributed by atoms with van der Waals surface area (Å²) < 4.78 is 5.64. The van der Waals surface area contributed by atoms with Crippen LogP contribution >= 0.6 is 0 Å². The lowest BCUT2D eigenvalue weighted by Crippen LogP contribution is -2.25. The van der Waals surface area contributed by atoms with Crippen molar-refractivity contribution >= 4 is 0 Å². The van der Waals surface area contributed by atoms with Crippen LogP contribution < -0.4 is 4.74 Å². The molecule has 1 nitrogen and oxygen atoms in total. The van der Waals surface area contributed by atoms with Gasteiger partial charge >= 0.3 is 0 Å². The zero-order chi connectivity index (χ0) is 18.2. The van der Waals surface area contributed by atoms with E-state index in [9.17, 15) is 0 Å². The predicted octanol–water partition coefficient (Wildman–Crippen LogP) is 6.85. The molecule has 0 unspecified atom stereocenters. The number of rotatable bonds is 5. The second-order valence-corrected chi connectivity index (χ2v) is 8.44. The lowest BCUT2D eigenvalue weighted by atomic mass is 9.69. The Morgan fingerprint density at radius 1 is 0.846 bits per heavy atom. The van der Waals surface area contributed by atoms with Crippen LogP contribution in [-0.2, 0) is 0 Å². The Balaban J connectivity index is 1.44. The molecule has 0 amide bonds. The molecule has 0 aromatic heterocycles. The first kappa shape index (κ1) is 19.3. The first-order valence-corrected chi connectivity index (χ1v) is 11.0. The normalized spacial score (nSPS) is 28.8. The summed E-state index contributed by atoms with van der Waals surface area (Å²) in [6.07, 6.45) is 13.8. The Morgan fingerprint density at radius 3 is 2.04 bits per heavy atom. The molecule has 0 radical (unpaired) electrons. The van der Waals surface area contributed by atoms with Crippen molar-refractivity contribution in [3.05, 3.63) is 29.8 Å². The van der Waals surface area contributed by atoms with Gasteiger partial charge in [-0.2, -0.15) is 0 Å². The lowest BCUT2D eigenvalue weighted by molar-refractivity contribution is 0.156. The molecule has 0 saturated heterocycles. The van der Waals surface area contributed by atoms with E-state index in [1.807, 2.05) is 12.1 Å². The molecule has 2 aliphatic rings. The third kappa shape index (κ3) is 5.54. The van der Waals surface area contributed by atoms with Crippen molar-refractivity contribution in [2.45, 2.75) is 78.1 Å². The molecule has 1 aromatic carbocycles. The average Bonchev–Trinajstić information content (AvgIpc) is 2.72. The zero-order valence-electron chi connectivity index (χ0n) is 16.8. The predicted molar refractivity (Wildman–Crippen MR) is 110 cm³/mol. The first-order chi connectivity index (χ1) is 12.8. The van der Waals surface area contributed by atoms with Crippen LogP contribution in [0.2, 0.25) is 0 Å². The molecule has 0 heterocycles. The van der Waals surface area contributed by atoms with Crippen molar-refractivity contribution in [2.75, 3.05) is 6.61 Å². The van der Waals surface area contributed by atoms with Gasteiger partial charge in [-0.25, -0.2) is 0 Å². The second kappa shape index (κ2) is 10.1. The Labute approximate surface area is 160 Å². The molecular weight excluding hydrogens is 316 g/mol. The zero-order valence-corrected chi connectivity index (χ0v) is 16.8. The standard InChI is InChI=1S/C25H36O/c1-3-19-26-25-17-11-22(12-18-25)6-5-21-9-15-24(16-10-21)23-13-7-20(4-2)8-14-23/h11-12,17-18,20-21,23-24H,3-4,7-10,13-16,19H2,1-2H3/t20-,21?,23-,24?. The molecule has 0 spiro atoms. The lowest BCUT2D eigenvalue weighted by Gasteiger charge is -2.36. The number of ether oxygens (including phenoxy) is 1. The number of benzene rings is 1. The van der Waals surface area contributed by atoms with Crippen molar-refractivity contribution < 1.29 is 4.74 Å². The first-order valence-electron chi connectivity index (χ1n) is 11.0. The molecule has 0 bridgehead atoms. The van der Waals surface area contributed by atoms with Gasteiger partial charge in [0.2, 0.25) is 0 Å². The van der Waals surface area contributed by atoms with Crippen LogP contribution in [0.15, 0.2) is 24.3 Å². The van der Waals surface area contributed by atoms with Gasteiger partial charge in [0.05, 0.1) is 6.61 Å². The van der Waals surface area contributed by atoms with Gasteiger partial charge in [-0.3, -0.25) is 0 Å². The Bertz CT molecular complexity index is 575. The van der Waals surface area contributed by atoms with Gasteiger partial charge < -0.3 is 4.74 Å². The van der Waals surface area contributed by atoms with Gasteiger partial charge in [-0.05, 0) is 87.0 Å². The van der Waals surface area contributed by atoms with E-state index in [2.05, 4.69) is 37.8 Å². The Hall–Kier alpha value is -1.42. The molecule has 1 heteroatoms. The van der Waals surface area contributed by atoms with Gasteiger partial charge in [-0.1, -0.05) is 45.0 Å². The van der Waals surface area contributed by atoms with Crippen LogP contribution in [0.3, 0.4) is 0 Å². The third-order valence-corrected chi connectivity index (χ3v) is 6.66. The molecule has 2 saturated carbocycles. The van der Waals surface area contributed by atoms with Crippen LogP contribution in [0.25, 0.3) is 0 Å². The highest BCUT2D eigenvalue weighted by atomic mass is 16.5. The van der Waals surface area contributed by atoms with Crippen LogP contribution in [0.4, 0.5) is 0 Å². The van der Waals surface area contributed by atoms with E-state index in [-0.39, 0.29) is 0 Å². The second-order valence-electron chi connectivity index (χ2n) is 8.44. The smallest absolute Gasteiger partial charge is 0.119 e. The number of hydrogen-bond donors (Lipinski definition) is 0. The summed E-state index contributed by atoms with van der Waals surface area (Å²) in [7, 11) is 0. The highest BCUT2D eigenvalue weighted by Crippen LogP contribution is 2.41. The van der Waals surface area contributed by atoms with E-state index < -0.39 is 0 Å². The van der Waals surface area contributed by atoms with Gasteiger partial charge in [0, 0.05) is 11.5 Å². The molecule has 142 valence electrons. The number of hydrogen-bond acceptors (Lipinski definition) is 1. The largest absolute Gasteiger partial charge is 0.494 e. The summed E-state index contributed by atoms with van der Waals surface area (Å²) in [4.78, 5) is 0. The van der Waals surface area contributed by atoms with Gasteiger partial charge in [0.25, 0.3) is 0 Å². The molecular formula is C25H36O. The topological polar surface area (TPSA) is 9.23 Å². The van der Waals surface area contributed by atoms with Crippen molar-refractivity contribution in [1.82, 2.24) is 0 Å². The summed E-state index contributed by atoms with van der Waals surface area (Å²) in [5.41, 5.74) is 1.12. The quantitative estimate of drug-likeness (QED) is 0.527. The highest BCUT2D eigenvalue weighted by molar-refractivity contribution is 5.38. The average molecular weight is 353 g/mol. The fraction of sp³-hybridized carbons (Fsp3) is 0.680. The Kier molecular flexibility index (Phi) is 7.48. The highest BCUT2D eigenvalue weighted by Gasteiger charge is 2.29. The minimum Gasteiger partial charge on any atom is -0.494 e. The SMILES string of the molecule is CCCOc1ccc(C#CC2CCC([C@H]3CC[C@H](CC)CC3)CC2)cc1. The maximum Gasteiger partial charge on any atom is 0.119 e. The molecule has 0 N–H and O–H groups in total. The van der Waals surface area contributed by atoms with Crippen LogP contribution in [0.1, 0.15) is 83.6 Å². The van der Waals surface area contributed by atoms with E-state index >= 15 is 0 Å². The summed E-state index contributed by atoms with van der Waals surface area (Å²) in [5, 5.41) is 0. The molecule has 3 rings (SSSR count). The van der Waals surface area contributed by atoms with E-state index in [0.29, 0.717) is 5.92 Å². The van der Waals surface area contributed by atoms with Gasteiger partial charge in [-0.15, -0.1) is 0 Å². The minimum absolute atomic E-state index is 0.606. The monoisotopic (exact) mass is 352 g/mol. The minimum atomic E-state index is 0.606. The summed E-state index contributed by atoms with van der Waals surface area (Å²) in [6, 6.07) is 8.28. The van der Waals surface area contributed by atoms with Crippen molar-refractivity contribution in [2.24, 2.45) is 23.7 Å². The van der Waals surface area contributed by atoms with Crippen LogP contribution in [0, 0.1) is 35.5 Å². The van der Waals surface area contributed by atoms with Crippen molar-refractivity contribution in [3.8, 4) is 17.6 Å². The van der Waals surface area contributed by atoms with E-state index in [0.717, 1.165) is 42.1 Å². The van der Waals surface area contributed by atoms with Crippen LogP contribution in [0.5, 0.6) is 5.75 Å². The molecule has 2 fully saturated rings. The fourth-order valence-electron chi connectivity index (χ4n) is 4.84. The fourth-order valence-corrected chi connectivity index (χ4v) is 4.84. The van der Waals surface area contributed by atoms with Gasteiger partial charge in [0.1, 0.15) is 5.75 Å².